The minimum atomic E-state index is -3.89. The largest absolute Gasteiger partial charge is 0.356 e. The molecule has 1 aliphatic rings. The van der Waals surface area contributed by atoms with Crippen LogP contribution >= 0.6 is 0 Å². The molecule has 0 unspecified atom stereocenters. The summed E-state index contributed by atoms with van der Waals surface area (Å²) in [5.41, 5.74) is 0.902. The van der Waals surface area contributed by atoms with Crippen molar-refractivity contribution in [1.29, 1.82) is 0 Å². The Bertz CT molecular complexity index is 695. The van der Waals surface area contributed by atoms with Crippen LogP contribution in [0.25, 0.3) is 0 Å². The maximum atomic E-state index is 12.3. The number of rotatable bonds is 6. The monoisotopic (exact) mass is 367 g/mol. The molecule has 0 aromatic heterocycles. The Kier molecular flexibility index (Phi) is 6.81. The van der Waals surface area contributed by atoms with Gasteiger partial charge >= 0.3 is 6.03 Å². The number of carbonyl (C=O) groups excluding carboxylic acids is 2. The smallest absolute Gasteiger partial charge is 0.328 e. The predicted molar refractivity (Wildman–Crippen MR) is 94.6 cm³/mol. The maximum Gasteiger partial charge on any atom is 0.328 e. The van der Waals surface area contributed by atoms with E-state index >= 15 is 0 Å². The molecule has 0 aliphatic heterocycles. The lowest BCUT2D eigenvalue weighted by Gasteiger charge is -2.22. The third kappa shape index (κ3) is 6.38. The van der Waals surface area contributed by atoms with E-state index in [9.17, 15) is 18.0 Å². The predicted octanol–water partition coefficient (Wildman–Crippen LogP) is 1.69. The molecule has 1 saturated carbocycles. The van der Waals surface area contributed by atoms with E-state index in [1.54, 1.807) is 12.1 Å². The normalized spacial score (nSPS) is 15.4. The van der Waals surface area contributed by atoms with E-state index < -0.39 is 16.1 Å². The lowest BCUT2D eigenvalue weighted by molar-refractivity contribution is -0.118. The first kappa shape index (κ1) is 19.2. The first-order valence-electron chi connectivity index (χ1n) is 8.53. The Balaban J connectivity index is 1.89. The Morgan fingerprint density at radius 1 is 1.08 bits per heavy atom. The van der Waals surface area contributed by atoms with Crippen LogP contribution in [0.4, 0.5) is 4.79 Å². The molecule has 0 saturated heterocycles. The van der Waals surface area contributed by atoms with Crippen molar-refractivity contribution in [3.05, 3.63) is 29.8 Å². The molecule has 3 amide bonds. The minimum Gasteiger partial charge on any atom is -0.356 e. The second kappa shape index (κ2) is 8.84. The number of amides is 3. The number of benzene rings is 1. The molecule has 138 valence electrons. The van der Waals surface area contributed by atoms with Crippen molar-refractivity contribution < 1.29 is 18.0 Å². The third-order valence-corrected chi connectivity index (χ3v) is 5.54. The van der Waals surface area contributed by atoms with Crippen LogP contribution in [0.15, 0.2) is 29.2 Å². The van der Waals surface area contributed by atoms with Crippen molar-refractivity contribution in [2.24, 2.45) is 0 Å². The van der Waals surface area contributed by atoms with Crippen molar-refractivity contribution in [1.82, 2.24) is 15.4 Å². The van der Waals surface area contributed by atoms with Gasteiger partial charge in [-0.05, 0) is 37.0 Å². The summed E-state index contributed by atoms with van der Waals surface area (Å²) >= 11 is 0. The highest BCUT2D eigenvalue weighted by atomic mass is 32.2. The average molecular weight is 367 g/mol. The van der Waals surface area contributed by atoms with E-state index in [1.165, 1.54) is 19.1 Å². The van der Waals surface area contributed by atoms with Crippen molar-refractivity contribution in [3.8, 4) is 0 Å². The van der Waals surface area contributed by atoms with E-state index in [2.05, 4.69) is 15.4 Å². The fraction of sp³-hybridized carbons (Fsp3) is 0.529. The number of hydrogen-bond acceptors (Lipinski definition) is 4. The summed E-state index contributed by atoms with van der Waals surface area (Å²) < 4.78 is 26.6. The van der Waals surface area contributed by atoms with Crippen molar-refractivity contribution >= 4 is 22.0 Å². The van der Waals surface area contributed by atoms with Gasteiger partial charge in [0, 0.05) is 19.5 Å². The van der Waals surface area contributed by atoms with Gasteiger partial charge in [0.15, 0.2) is 0 Å². The highest BCUT2D eigenvalue weighted by molar-refractivity contribution is 7.90. The summed E-state index contributed by atoms with van der Waals surface area (Å²) in [6.07, 6.45) is 5.64. The van der Waals surface area contributed by atoms with Crippen LogP contribution in [0.3, 0.4) is 0 Å². The van der Waals surface area contributed by atoms with Crippen LogP contribution in [0.2, 0.25) is 0 Å². The zero-order valence-corrected chi connectivity index (χ0v) is 15.2. The molecule has 2 rings (SSSR count). The lowest BCUT2D eigenvalue weighted by Crippen LogP contribution is -2.45. The van der Waals surface area contributed by atoms with Gasteiger partial charge in [-0.15, -0.1) is 0 Å². The Morgan fingerprint density at radius 3 is 2.32 bits per heavy atom. The van der Waals surface area contributed by atoms with Gasteiger partial charge in [-0.3, -0.25) is 4.79 Å². The van der Waals surface area contributed by atoms with Gasteiger partial charge < -0.3 is 10.6 Å². The first-order chi connectivity index (χ1) is 11.9. The molecule has 0 heterocycles. The highest BCUT2D eigenvalue weighted by Gasteiger charge is 2.21. The van der Waals surface area contributed by atoms with Gasteiger partial charge in [0.25, 0.3) is 10.0 Å². The summed E-state index contributed by atoms with van der Waals surface area (Å²) in [6, 6.07) is 5.63. The molecule has 1 aromatic carbocycles. The van der Waals surface area contributed by atoms with Gasteiger partial charge in [-0.1, -0.05) is 31.4 Å². The van der Waals surface area contributed by atoms with Crippen molar-refractivity contribution in [2.75, 3.05) is 6.54 Å². The standard InChI is InChI=1S/C17H25N3O4S/c1-13(21)18-12-11-14-7-9-16(10-8-14)25(23,24)20-17(22)19-15-5-3-2-4-6-15/h7-10,15H,2-6,11-12H2,1H3,(H,18,21)(H2,19,20,22). The van der Waals surface area contributed by atoms with E-state index in [0.717, 1.165) is 37.7 Å². The van der Waals surface area contributed by atoms with Gasteiger partial charge in [0.2, 0.25) is 5.91 Å². The van der Waals surface area contributed by atoms with Crippen LogP contribution in [0, 0.1) is 0 Å². The van der Waals surface area contributed by atoms with Crippen LogP contribution in [-0.4, -0.2) is 32.9 Å². The molecule has 1 aromatic rings. The number of sulfonamides is 1. The second-order valence-electron chi connectivity index (χ2n) is 6.29. The van der Waals surface area contributed by atoms with Crippen LogP contribution in [0.5, 0.6) is 0 Å². The fourth-order valence-corrected chi connectivity index (χ4v) is 3.78. The van der Waals surface area contributed by atoms with Crippen LogP contribution < -0.4 is 15.4 Å². The maximum absolute atomic E-state index is 12.3. The quantitative estimate of drug-likeness (QED) is 0.711. The molecule has 0 radical (unpaired) electrons. The zero-order chi connectivity index (χ0) is 18.3. The number of urea groups is 1. The van der Waals surface area contributed by atoms with Crippen LogP contribution in [-0.2, 0) is 21.2 Å². The molecule has 0 spiro atoms. The summed E-state index contributed by atoms with van der Waals surface area (Å²) in [6.45, 7) is 1.93. The molecule has 3 N–H and O–H groups in total. The van der Waals surface area contributed by atoms with E-state index in [0.29, 0.717) is 13.0 Å². The molecular weight excluding hydrogens is 342 g/mol. The molecule has 0 bridgehead atoms. The van der Waals surface area contributed by atoms with Gasteiger partial charge in [0.1, 0.15) is 0 Å². The minimum absolute atomic E-state index is 0.0366. The molecule has 1 aliphatic carbocycles. The van der Waals surface area contributed by atoms with E-state index in [4.69, 9.17) is 0 Å². The molecule has 0 atom stereocenters. The van der Waals surface area contributed by atoms with Crippen molar-refractivity contribution in [2.45, 2.75) is 56.4 Å². The summed E-state index contributed by atoms with van der Waals surface area (Å²) in [5.74, 6) is -0.104. The summed E-state index contributed by atoms with van der Waals surface area (Å²) in [7, 11) is -3.89. The van der Waals surface area contributed by atoms with E-state index in [1.807, 2.05) is 0 Å². The molecule has 1 fully saturated rings. The number of nitrogens with one attached hydrogen (secondary N) is 3. The molecule has 25 heavy (non-hydrogen) atoms. The Labute approximate surface area is 148 Å². The molecular formula is C17H25N3O4S. The highest BCUT2D eigenvalue weighted by Crippen LogP contribution is 2.17. The Morgan fingerprint density at radius 2 is 1.72 bits per heavy atom. The Hall–Kier alpha value is -2.09. The fourth-order valence-electron chi connectivity index (χ4n) is 2.86. The second-order valence-corrected chi connectivity index (χ2v) is 7.97. The zero-order valence-electron chi connectivity index (χ0n) is 14.4. The third-order valence-electron chi connectivity index (χ3n) is 4.19. The number of carbonyl (C=O) groups is 2. The molecule has 7 nitrogen and oxygen atoms in total. The van der Waals surface area contributed by atoms with Crippen molar-refractivity contribution in [3.63, 3.8) is 0 Å². The first-order valence-corrected chi connectivity index (χ1v) is 10.0. The summed E-state index contributed by atoms with van der Waals surface area (Å²) in [4.78, 5) is 22.8. The lowest BCUT2D eigenvalue weighted by atomic mass is 9.96. The summed E-state index contributed by atoms with van der Waals surface area (Å²) in [5, 5.41) is 5.41. The van der Waals surface area contributed by atoms with Gasteiger partial charge in [-0.25, -0.2) is 17.9 Å². The van der Waals surface area contributed by atoms with E-state index in [-0.39, 0.29) is 16.8 Å². The number of hydrogen-bond donors (Lipinski definition) is 3. The molecule has 8 heteroatoms. The SMILES string of the molecule is CC(=O)NCCc1ccc(S(=O)(=O)NC(=O)NC2CCCCC2)cc1. The van der Waals surface area contributed by atoms with Gasteiger partial charge in [0.05, 0.1) is 4.90 Å². The topological polar surface area (TPSA) is 104 Å². The van der Waals surface area contributed by atoms with Gasteiger partial charge in [-0.2, -0.15) is 0 Å². The van der Waals surface area contributed by atoms with Crippen LogP contribution in [0.1, 0.15) is 44.6 Å². The average Bonchev–Trinajstić information content (AvgIpc) is 2.55.